The van der Waals surface area contributed by atoms with Gasteiger partial charge in [-0.3, -0.25) is 4.79 Å². The standard InChI is InChI=1S/C17H15ClN2O3/c1-11(17(21)20-14-5-3-4-13(18)9-14)23-15-7-6-12(10-19)8-16(15)22-2/h3-9,11H,1-2H3,(H,20,21)/t11-/m0/s1. The second-order valence-electron chi connectivity index (χ2n) is 4.74. The van der Waals surface area contributed by atoms with Crippen LogP contribution in [-0.2, 0) is 4.79 Å². The molecule has 0 spiro atoms. The zero-order valence-electron chi connectivity index (χ0n) is 12.7. The molecule has 0 radical (unpaired) electrons. The minimum Gasteiger partial charge on any atom is -0.493 e. The minimum atomic E-state index is -0.754. The van der Waals surface area contributed by atoms with Crippen molar-refractivity contribution < 1.29 is 14.3 Å². The van der Waals surface area contributed by atoms with Crippen molar-refractivity contribution in [1.82, 2.24) is 0 Å². The SMILES string of the molecule is COc1cc(C#N)ccc1O[C@@H](C)C(=O)Nc1cccc(Cl)c1. The molecule has 0 heterocycles. The quantitative estimate of drug-likeness (QED) is 0.908. The lowest BCUT2D eigenvalue weighted by Gasteiger charge is -2.17. The van der Waals surface area contributed by atoms with Crippen LogP contribution in [0.15, 0.2) is 42.5 Å². The normalized spacial score (nSPS) is 11.2. The first-order chi connectivity index (χ1) is 11.0. The molecule has 23 heavy (non-hydrogen) atoms. The number of carbonyl (C=O) groups excluding carboxylic acids is 1. The van der Waals surface area contributed by atoms with Gasteiger partial charge in [0.2, 0.25) is 0 Å². The van der Waals surface area contributed by atoms with Crippen LogP contribution in [0.25, 0.3) is 0 Å². The average Bonchev–Trinajstić information content (AvgIpc) is 2.55. The molecule has 0 saturated carbocycles. The fourth-order valence-electron chi connectivity index (χ4n) is 1.89. The number of nitriles is 1. The van der Waals surface area contributed by atoms with E-state index in [0.29, 0.717) is 27.8 Å². The smallest absolute Gasteiger partial charge is 0.265 e. The number of methoxy groups -OCH3 is 1. The van der Waals surface area contributed by atoms with Gasteiger partial charge in [0.05, 0.1) is 18.7 Å². The minimum absolute atomic E-state index is 0.321. The molecule has 1 atom stereocenters. The van der Waals surface area contributed by atoms with Crippen LogP contribution in [0.4, 0.5) is 5.69 Å². The highest BCUT2D eigenvalue weighted by atomic mass is 35.5. The molecule has 2 aromatic rings. The van der Waals surface area contributed by atoms with Crippen LogP contribution in [-0.4, -0.2) is 19.1 Å². The summed E-state index contributed by atoms with van der Waals surface area (Å²) in [6.07, 6.45) is -0.754. The summed E-state index contributed by atoms with van der Waals surface area (Å²) in [5, 5.41) is 12.1. The first-order valence-corrected chi connectivity index (χ1v) is 7.22. The highest BCUT2D eigenvalue weighted by Gasteiger charge is 2.17. The summed E-state index contributed by atoms with van der Waals surface area (Å²) in [7, 11) is 1.47. The van der Waals surface area contributed by atoms with Crippen molar-refractivity contribution in [3.8, 4) is 17.6 Å². The van der Waals surface area contributed by atoms with Crippen molar-refractivity contribution in [3.63, 3.8) is 0 Å². The fraction of sp³-hybridized carbons (Fsp3) is 0.176. The predicted octanol–water partition coefficient (Wildman–Crippen LogP) is 3.63. The Labute approximate surface area is 139 Å². The Balaban J connectivity index is 2.08. The van der Waals surface area contributed by atoms with Crippen molar-refractivity contribution in [3.05, 3.63) is 53.1 Å². The summed E-state index contributed by atoms with van der Waals surface area (Å²) in [4.78, 5) is 12.2. The maximum Gasteiger partial charge on any atom is 0.265 e. The number of amides is 1. The lowest BCUT2D eigenvalue weighted by Crippen LogP contribution is -2.30. The van der Waals surface area contributed by atoms with Gasteiger partial charge in [-0.2, -0.15) is 5.26 Å². The van der Waals surface area contributed by atoms with Gasteiger partial charge in [-0.1, -0.05) is 17.7 Å². The summed E-state index contributed by atoms with van der Waals surface area (Å²) in [6.45, 7) is 1.62. The number of hydrogen-bond acceptors (Lipinski definition) is 4. The van der Waals surface area contributed by atoms with Gasteiger partial charge >= 0.3 is 0 Å². The number of hydrogen-bond donors (Lipinski definition) is 1. The number of halogens is 1. The zero-order chi connectivity index (χ0) is 16.8. The molecule has 2 rings (SSSR count). The van der Waals surface area contributed by atoms with Gasteiger partial charge in [0, 0.05) is 16.8 Å². The van der Waals surface area contributed by atoms with Crippen molar-refractivity contribution in [2.45, 2.75) is 13.0 Å². The number of benzene rings is 2. The summed E-state index contributed by atoms with van der Waals surface area (Å²) >= 11 is 5.88. The van der Waals surface area contributed by atoms with Crippen LogP contribution in [0.3, 0.4) is 0 Å². The van der Waals surface area contributed by atoms with Crippen molar-refractivity contribution in [1.29, 1.82) is 5.26 Å². The summed E-state index contributed by atoms with van der Waals surface area (Å²) < 4.78 is 10.8. The van der Waals surface area contributed by atoms with E-state index in [1.54, 1.807) is 49.4 Å². The maximum absolute atomic E-state index is 12.2. The Morgan fingerprint density at radius 1 is 1.26 bits per heavy atom. The third kappa shape index (κ3) is 4.38. The van der Waals surface area contributed by atoms with Crippen molar-refractivity contribution in [2.24, 2.45) is 0 Å². The van der Waals surface area contributed by atoms with Gasteiger partial charge < -0.3 is 14.8 Å². The Morgan fingerprint density at radius 3 is 2.70 bits per heavy atom. The maximum atomic E-state index is 12.2. The second kappa shape index (κ2) is 7.52. The number of rotatable bonds is 5. The van der Waals surface area contributed by atoms with E-state index in [0.717, 1.165) is 0 Å². The van der Waals surface area contributed by atoms with Gasteiger partial charge in [-0.25, -0.2) is 0 Å². The van der Waals surface area contributed by atoms with Crippen molar-refractivity contribution in [2.75, 3.05) is 12.4 Å². The predicted molar refractivity (Wildman–Crippen MR) is 87.9 cm³/mol. The number of nitrogens with zero attached hydrogens (tertiary/aromatic N) is 1. The van der Waals surface area contributed by atoms with E-state index < -0.39 is 6.10 Å². The van der Waals surface area contributed by atoms with E-state index in [-0.39, 0.29) is 5.91 Å². The third-order valence-electron chi connectivity index (χ3n) is 3.06. The second-order valence-corrected chi connectivity index (χ2v) is 5.17. The number of carbonyl (C=O) groups is 1. The highest BCUT2D eigenvalue weighted by molar-refractivity contribution is 6.30. The summed E-state index contributed by atoms with van der Waals surface area (Å²) in [5.41, 5.74) is 1.04. The lowest BCUT2D eigenvalue weighted by molar-refractivity contribution is -0.122. The van der Waals surface area contributed by atoms with Crippen LogP contribution in [0, 0.1) is 11.3 Å². The summed E-state index contributed by atoms with van der Waals surface area (Å²) in [5.74, 6) is 0.463. The highest BCUT2D eigenvalue weighted by Crippen LogP contribution is 2.29. The number of nitrogens with one attached hydrogen (secondary N) is 1. The average molecular weight is 331 g/mol. The number of anilines is 1. The lowest BCUT2D eigenvalue weighted by atomic mass is 10.2. The first kappa shape index (κ1) is 16.7. The van der Waals surface area contributed by atoms with Gasteiger partial charge in [0.1, 0.15) is 0 Å². The van der Waals surface area contributed by atoms with E-state index >= 15 is 0 Å². The molecular formula is C17H15ClN2O3. The van der Waals surface area contributed by atoms with Gasteiger partial charge in [-0.05, 0) is 37.3 Å². The van der Waals surface area contributed by atoms with Gasteiger partial charge in [0.25, 0.3) is 5.91 Å². The Bertz CT molecular complexity index is 756. The Morgan fingerprint density at radius 2 is 2.04 bits per heavy atom. The van der Waals surface area contributed by atoms with E-state index in [1.807, 2.05) is 6.07 Å². The van der Waals surface area contributed by atoms with Crippen LogP contribution < -0.4 is 14.8 Å². The molecular weight excluding hydrogens is 316 g/mol. The zero-order valence-corrected chi connectivity index (χ0v) is 13.4. The molecule has 0 aliphatic carbocycles. The monoisotopic (exact) mass is 330 g/mol. The molecule has 118 valence electrons. The third-order valence-corrected chi connectivity index (χ3v) is 3.29. The molecule has 0 aromatic heterocycles. The first-order valence-electron chi connectivity index (χ1n) is 6.84. The molecule has 1 amide bonds. The van der Waals surface area contributed by atoms with E-state index in [4.69, 9.17) is 26.3 Å². The fourth-order valence-corrected chi connectivity index (χ4v) is 2.08. The molecule has 0 bridgehead atoms. The van der Waals surface area contributed by atoms with Gasteiger partial charge in [0.15, 0.2) is 17.6 Å². The molecule has 0 fully saturated rings. The van der Waals surface area contributed by atoms with Crippen molar-refractivity contribution >= 4 is 23.2 Å². The largest absolute Gasteiger partial charge is 0.493 e. The van der Waals surface area contributed by atoms with Crippen LogP contribution in [0.2, 0.25) is 5.02 Å². The molecule has 0 saturated heterocycles. The van der Waals surface area contributed by atoms with Crippen LogP contribution >= 0.6 is 11.6 Å². The molecule has 6 heteroatoms. The molecule has 1 N–H and O–H groups in total. The molecule has 5 nitrogen and oxygen atoms in total. The van der Waals surface area contributed by atoms with E-state index in [2.05, 4.69) is 5.32 Å². The molecule has 0 aliphatic rings. The molecule has 0 unspecified atom stereocenters. The van der Waals surface area contributed by atoms with Crippen LogP contribution in [0.1, 0.15) is 12.5 Å². The summed E-state index contributed by atoms with van der Waals surface area (Å²) in [6, 6.07) is 13.6. The van der Waals surface area contributed by atoms with Gasteiger partial charge in [-0.15, -0.1) is 0 Å². The number of ether oxygens (including phenoxy) is 2. The Kier molecular flexibility index (Phi) is 5.45. The molecule has 0 aliphatic heterocycles. The molecule has 2 aromatic carbocycles. The van der Waals surface area contributed by atoms with E-state index in [9.17, 15) is 4.79 Å². The topological polar surface area (TPSA) is 71.3 Å². The van der Waals surface area contributed by atoms with E-state index in [1.165, 1.54) is 7.11 Å². The van der Waals surface area contributed by atoms with Crippen LogP contribution in [0.5, 0.6) is 11.5 Å². The Hall–Kier alpha value is -2.71.